The molecule has 0 aliphatic rings. The Morgan fingerprint density at radius 2 is 1.87 bits per heavy atom. The highest BCUT2D eigenvalue weighted by Gasteiger charge is 2.07. The fourth-order valence-corrected chi connectivity index (χ4v) is 2.13. The summed E-state index contributed by atoms with van der Waals surface area (Å²) in [7, 11) is 4.95. The minimum Gasteiger partial charge on any atom is -0.465 e. The average molecular weight is 322 g/mol. The second-order valence-electron chi connectivity index (χ2n) is 5.37. The number of methoxy groups -OCH3 is 2. The highest BCUT2D eigenvalue weighted by molar-refractivity contribution is 5.89. The van der Waals surface area contributed by atoms with Crippen molar-refractivity contribution in [2.24, 2.45) is 0 Å². The van der Waals surface area contributed by atoms with Gasteiger partial charge in [0.25, 0.3) is 0 Å². The number of amides is 1. The monoisotopic (exact) mass is 322 g/mol. The Kier molecular flexibility index (Phi) is 8.94. The number of hydrogen-bond acceptors (Lipinski definition) is 5. The van der Waals surface area contributed by atoms with Gasteiger partial charge in [-0.25, -0.2) is 4.79 Å². The third-order valence-corrected chi connectivity index (χ3v) is 3.41. The summed E-state index contributed by atoms with van der Waals surface area (Å²) in [6.45, 7) is 2.48. The molecule has 1 amide bonds. The van der Waals surface area contributed by atoms with E-state index in [2.05, 4.69) is 10.1 Å². The number of nitrogens with zero attached hydrogens (tertiary/aromatic N) is 1. The van der Waals surface area contributed by atoms with E-state index in [-0.39, 0.29) is 11.9 Å². The van der Waals surface area contributed by atoms with E-state index in [0.29, 0.717) is 25.3 Å². The normalized spacial score (nSPS) is 10.6. The second kappa shape index (κ2) is 10.7. The summed E-state index contributed by atoms with van der Waals surface area (Å²) in [5.41, 5.74) is 1.59. The summed E-state index contributed by atoms with van der Waals surface area (Å²) in [4.78, 5) is 25.1. The second-order valence-corrected chi connectivity index (χ2v) is 5.37. The molecule has 0 spiro atoms. The molecule has 0 heterocycles. The predicted octanol–water partition coefficient (Wildman–Crippen LogP) is 1.10. The quantitative estimate of drug-likeness (QED) is 0.516. The number of carbonyl (C=O) groups excluding carboxylic acids is 2. The third kappa shape index (κ3) is 7.76. The number of nitrogens with one attached hydrogen (secondary N) is 1. The van der Waals surface area contributed by atoms with E-state index in [1.54, 1.807) is 19.2 Å². The molecule has 0 fully saturated rings. The lowest BCUT2D eigenvalue weighted by Gasteiger charge is -2.15. The smallest absolute Gasteiger partial charge is 0.337 e. The van der Waals surface area contributed by atoms with Crippen LogP contribution in [0.15, 0.2) is 24.3 Å². The number of ether oxygens (including phenoxy) is 2. The number of carbonyl (C=O) groups is 2. The van der Waals surface area contributed by atoms with E-state index in [9.17, 15) is 9.59 Å². The molecule has 6 nitrogen and oxygen atoms in total. The summed E-state index contributed by atoms with van der Waals surface area (Å²) in [6.07, 6.45) is 1.63. The molecule has 0 unspecified atom stereocenters. The van der Waals surface area contributed by atoms with Gasteiger partial charge in [0.15, 0.2) is 0 Å². The molecular weight excluding hydrogens is 296 g/mol. The Morgan fingerprint density at radius 1 is 1.17 bits per heavy atom. The van der Waals surface area contributed by atoms with E-state index in [0.717, 1.165) is 24.9 Å². The lowest BCUT2D eigenvalue weighted by atomic mass is 10.1. The highest BCUT2D eigenvalue weighted by Crippen LogP contribution is 2.06. The number of hydrogen-bond donors (Lipinski definition) is 1. The summed E-state index contributed by atoms with van der Waals surface area (Å²) in [5.74, 6) is -0.336. The van der Waals surface area contributed by atoms with Crippen molar-refractivity contribution >= 4 is 11.9 Å². The fourth-order valence-electron chi connectivity index (χ4n) is 2.13. The maximum Gasteiger partial charge on any atom is 0.337 e. The molecule has 0 radical (unpaired) electrons. The van der Waals surface area contributed by atoms with Crippen molar-refractivity contribution in [1.82, 2.24) is 10.2 Å². The first-order chi connectivity index (χ1) is 11.1. The van der Waals surface area contributed by atoms with Crippen LogP contribution in [-0.2, 0) is 20.7 Å². The molecule has 1 N–H and O–H groups in total. The molecule has 0 saturated carbocycles. The zero-order valence-electron chi connectivity index (χ0n) is 14.1. The van der Waals surface area contributed by atoms with Crippen molar-refractivity contribution in [3.63, 3.8) is 0 Å². The van der Waals surface area contributed by atoms with E-state index in [1.807, 2.05) is 24.1 Å². The standard InChI is InChI=1S/C17H26N2O4/c1-19(11-4-12-22-2)13-16(20)18-10-9-14-5-7-15(8-6-14)17(21)23-3/h5-8H,4,9-13H2,1-3H3,(H,18,20). The third-order valence-electron chi connectivity index (χ3n) is 3.41. The lowest BCUT2D eigenvalue weighted by Crippen LogP contribution is -2.36. The topological polar surface area (TPSA) is 67.9 Å². The van der Waals surface area contributed by atoms with Crippen LogP contribution in [0.2, 0.25) is 0 Å². The largest absolute Gasteiger partial charge is 0.465 e. The first-order valence-corrected chi connectivity index (χ1v) is 7.68. The first kappa shape index (κ1) is 19.1. The van der Waals surface area contributed by atoms with Crippen LogP contribution in [0, 0.1) is 0 Å². The lowest BCUT2D eigenvalue weighted by molar-refractivity contribution is -0.121. The van der Waals surface area contributed by atoms with Gasteiger partial charge >= 0.3 is 5.97 Å². The molecule has 0 aliphatic carbocycles. The van der Waals surface area contributed by atoms with Crippen LogP contribution in [0.4, 0.5) is 0 Å². The van der Waals surface area contributed by atoms with Gasteiger partial charge in [0, 0.05) is 26.8 Å². The molecule has 6 heteroatoms. The van der Waals surface area contributed by atoms with Crippen LogP contribution in [-0.4, -0.2) is 64.3 Å². The molecule has 0 bridgehead atoms. The van der Waals surface area contributed by atoms with Gasteiger partial charge in [0.05, 0.1) is 19.2 Å². The minimum absolute atomic E-state index is 0.0103. The summed E-state index contributed by atoms with van der Waals surface area (Å²) in [5, 5.41) is 2.90. The molecule has 0 saturated heterocycles. The van der Waals surface area contributed by atoms with Crippen LogP contribution >= 0.6 is 0 Å². The van der Waals surface area contributed by atoms with Crippen LogP contribution in [0.3, 0.4) is 0 Å². The van der Waals surface area contributed by atoms with E-state index < -0.39 is 0 Å². The predicted molar refractivity (Wildman–Crippen MR) is 88.5 cm³/mol. The van der Waals surface area contributed by atoms with Crippen molar-refractivity contribution in [2.75, 3.05) is 47.5 Å². The molecule has 1 aromatic rings. The minimum atomic E-state index is -0.346. The molecule has 1 rings (SSSR count). The Hall–Kier alpha value is -1.92. The van der Waals surface area contributed by atoms with Gasteiger partial charge < -0.3 is 14.8 Å². The summed E-state index contributed by atoms with van der Waals surface area (Å²) >= 11 is 0. The maximum absolute atomic E-state index is 11.8. The van der Waals surface area contributed by atoms with Crippen LogP contribution in [0.25, 0.3) is 0 Å². The molecule has 0 atom stereocenters. The molecule has 23 heavy (non-hydrogen) atoms. The van der Waals surface area contributed by atoms with Crippen molar-refractivity contribution in [2.45, 2.75) is 12.8 Å². The first-order valence-electron chi connectivity index (χ1n) is 7.68. The van der Waals surface area contributed by atoms with Crippen molar-refractivity contribution in [1.29, 1.82) is 0 Å². The molecule has 128 valence electrons. The zero-order valence-corrected chi connectivity index (χ0v) is 14.1. The van der Waals surface area contributed by atoms with Gasteiger partial charge in [-0.15, -0.1) is 0 Å². The highest BCUT2D eigenvalue weighted by atomic mass is 16.5. The van der Waals surface area contributed by atoms with Gasteiger partial charge in [-0.1, -0.05) is 12.1 Å². The van der Waals surface area contributed by atoms with Crippen molar-refractivity contribution in [3.05, 3.63) is 35.4 Å². The Labute approximate surface area is 137 Å². The van der Waals surface area contributed by atoms with Gasteiger partial charge in [0.1, 0.15) is 0 Å². The fraction of sp³-hybridized carbons (Fsp3) is 0.529. The number of benzene rings is 1. The van der Waals surface area contributed by atoms with E-state index >= 15 is 0 Å². The Bertz CT molecular complexity index is 488. The average Bonchev–Trinajstić information content (AvgIpc) is 2.55. The maximum atomic E-state index is 11.8. The van der Waals surface area contributed by atoms with Crippen LogP contribution in [0.1, 0.15) is 22.3 Å². The molecular formula is C17H26N2O4. The van der Waals surface area contributed by atoms with E-state index in [4.69, 9.17) is 4.74 Å². The van der Waals surface area contributed by atoms with Crippen molar-refractivity contribution in [3.8, 4) is 0 Å². The Balaban J connectivity index is 2.25. The van der Waals surface area contributed by atoms with E-state index in [1.165, 1.54) is 7.11 Å². The van der Waals surface area contributed by atoms with Gasteiger partial charge in [-0.05, 0) is 37.6 Å². The van der Waals surface area contributed by atoms with Crippen molar-refractivity contribution < 1.29 is 19.1 Å². The van der Waals surface area contributed by atoms with Gasteiger partial charge in [-0.2, -0.15) is 0 Å². The number of rotatable bonds is 10. The number of esters is 1. The molecule has 1 aromatic carbocycles. The Morgan fingerprint density at radius 3 is 2.48 bits per heavy atom. The zero-order chi connectivity index (χ0) is 17.1. The summed E-state index contributed by atoms with van der Waals surface area (Å²) < 4.78 is 9.64. The SMILES string of the molecule is COCCCN(C)CC(=O)NCCc1ccc(C(=O)OC)cc1. The molecule has 0 aromatic heterocycles. The van der Waals surface area contributed by atoms with Crippen LogP contribution < -0.4 is 5.32 Å². The summed E-state index contributed by atoms with van der Waals surface area (Å²) in [6, 6.07) is 7.20. The van der Waals surface area contributed by atoms with Crippen LogP contribution in [0.5, 0.6) is 0 Å². The van der Waals surface area contributed by atoms with Gasteiger partial charge in [-0.3, -0.25) is 9.69 Å². The van der Waals surface area contributed by atoms with Gasteiger partial charge in [0.2, 0.25) is 5.91 Å². The molecule has 0 aliphatic heterocycles. The number of likely N-dealkylation sites (N-methyl/N-ethyl adjacent to an activating group) is 1.